The van der Waals surface area contributed by atoms with Gasteiger partial charge in [-0.1, -0.05) is 0 Å². The molecular weight excluding hydrogens is 374 g/mol. The van der Waals surface area contributed by atoms with Crippen molar-refractivity contribution in [3.05, 3.63) is 28.7 Å². The van der Waals surface area contributed by atoms with Gasteiger partial charge in [-0.3, -0.25) is 9.48 Å². The quantitative estimate of drug-likeness (QED) is 0.825. The molecule has 2 aromatic heterocycles. The van der Waals surface area contributed by atoms with Crippen molar-refractivity contribution in [2.24, 2.45) is 7.05 Å². The summed E-state index contributed by atoms with van der Waals surface area (Å²) in [5.74, 6) is 1.10. The minimum Gasteiger partial charge on any atom is -0.310 e. The van der Waals surface area contributed by atoms with Crippen LogP contribution >= 0.6 is 11.8 Å². The number of rotatable bonds is 2. The fourth-order valence-corrected chi connectivity index (χ4v) is 6.60. The summed E-state index contributed by atoms with van der Waals surface area (Å²) >= 11 is 1.55. The fraction of sp³-hybridized carbons (Fsp3) is 0.562. The topological polar surface area (TPSA) is 98.9 Å². The number of anilines is 1. The number of carbonyl (C=O) groups is 1. The summed E-state index contributed by atoms with van der Waals surface area (Å²) in [4.78, 5) is 12.3. The zero-order chi connectivity index (χ0) is 18.6. The van der Waals surface area contributed by atoms with E-state index in [2.05, 4.69) is 15.5 Å². The van der Waals surface area contributed by atoms with Gasteiger partial charge in [0, 0.05) is 23.9 Å². The van der Waals surface area contributed by atoms with Gasteiger partial charge in [0.2, 0.25) is 5.91 Å². The Morgan fingerprint density at radius 2 is 2.12 bits per heavy atom. The van der Waals surface area contributed by atoms with Crippen molar-refractivity contribution in [2.75, 3.05) is 22.6 Å². The second-order valence-electron chi connectivity index (χ2n) is 6.90. The number of sulfone groups is 1. The van der Waals surface area contributed by atoms with Gasteiger partial charge in [0.1, 0.15) is 5.82 Å². The Kier molecular flexibility index (Phi) is 4.14. The lowest BCUT2D eigenvalue weighted by Gasteiger charge is -2.16. The van der Waals surface area contributed by atoms with Gasteiger partial charge in [0.25, 0.3) is 0 Å². The van der Waals surface area contributed by atoms with Crippen molar-refractivity contribution in [3.8, 4) is 0 Å². The SMILES string of the molecule is Cc1nn([C@H]2CCS(=O)(=O)C2)c2c1[C@@H](c1cnn(C)c1C)SCC(=O)N2. The Hall–Kier alpha value is -1.81. The van der Waals surface area contributed by atoms with Crippen LogP contribution < -0.4 is 5.32 Å². The van der Waals surface area contributed by atoms with Gasteiger partial charge in [-0.15, -0.1) is 11.8 Å². The second-order valence-corrected chi connectivity index (χ2v) is 10.2. The molecule has 1 N–H and O–H groups in total. The third-order valence-electron chi connectivity index (χ3n) is 5.14. The molecule has 4 heterocycles. The third-order valence-corrected chi connectivity index (χ3v) is 8.14. The van der Waals surface area contributed by atoms with Gasteiger partial charge in [-0.05, 0) is 20.3 Å². The van der Waals surface area contributed by atoms with Crippen molar-refractivity contribution in [2.45, 2.75) is 31.6 Å². The first kappa shape index (κ1) is 17.6. The molecule has 10 heteroatoms. The van der Waals surface area contributed by atoms with E-state index in [0.29, 0.717) is 18.0 Å². The van der Waals surface area contributed by atoms with Crippen LogP contribution in [0.2, 0.25) is 0 Å². The normalized spacial score (nSPS) is 25.0. The van der Waals surface area contributed by atoms with E-state index in [0.717, 1.165) is 22.5 Å². The summed E-state index contributed by atoms with van der Waals surface area (Å²) in [6.45, 7) is 3.92. The molecule has 0 bridgehead atoms. The van der Waals surface area contributed by atoms with Gasteiger partial charge in [-0.2, -0.15) is 10.2 Å². The highest BCUT2D eigenvalue weighted by Gasteiger charge is 2.36. The molecule has 4 rings (SSSR count). The monoisotopic (exact) mass is 395 g/mol. The number of hydrogen-bond donors (Lipinski definition) is 1. The molecular formula is C16H21N5O3S2. The van der Waals surface area contributed by atoms with Gasteiger partial charge in [-0.25, -0.2) is 13.1 Å². The van der Waals surface area contributed by atoms with Crippen LogP contribution in [0.4, 0.5) is 5.82 Å². The number of carbonyl (C=O) groups excluding carboxylic acids is 1. The molecule has 1 saturated heterocycles. The summed E-state index contributed by atoms with van der Waals surface area (Å²) < 4.78 is 27.4. The maximum Gasteiger partial charge on any atom is 0.235 e. The molecule has 2 aromatic rings. The summed E-state index contributed by atoms with van der Waals surface area (Å²) in [5.41, 5.74) is 3.85. The van der Waals surface area contributed by atoms with E-state index in [1.165, 1.54) is 0 Å². The molecule has 2 atom stereocenters. The molecule has 0 aliphatic carbocycles. The van der Waals surface area contributed by atoms with E-state index < -0.39 is 9.84 Å². The summed E-state index contributed by atoms with van der Waals surface area (Å²) in [5, 5.41) is 11.9. The van der Waals surface area contributed by atoms with Crippen LogP contribution in [0.1, 0.15) is 40.2 Å². The predicted molar refractivity (Wildman–Crippen MR) is 100 cm³/mol. The van der Waals surface area contributed by atoms with Crippen molar-refractivity contribution < 1.29 is 13.2 Å². The second kappa shape index (κ2) is 6.12. The van der Waals surface area contributed by atoms with E-state index in [4.69, 9.17) is 0 Å². The number of fused-ring (bicyclic) bond motifs is 1. The molecule has 0 radical (unpaired) electrons. The molecule has 0 saturated carbocycles. The molecule has 140 valence electrons. The van der Waals surface area contributed by atoms with Crippen molar-refractivity contribution >= 4 is 33.3 Å². The number of aromatic nitrogens is 4. The van der Waals surface area contributed by atoms with E-state index in [1.807, 2.05) is 31.8 Å². The molecule has 1 amide bonds. The number of amides is 1. The Labute approximate surface area is 156 Å². The first-order valence-corrected chi connectivity index (χ1v) is 11.3. The lowest BCUT2D eigenvalue weighted by molar-refractivity contribution is -0.113. The largest absolute Gasteiger partial charge is 0.310 e. The maximum absolute atomic E-state index is 12.3. The highest BCUT2D eigenvalue weighted by molar-refractivity contribution is 8.00. The Balaban J connectivity index is 1.84. The number of aryl methyl sites for hydroxylation is 2. The third kappa shape index (κ3) is 2.84. The number of nitrogens with zero attached hydrogens (tertiary/aromatic N) is 4. The molecule has 1 fully saturated rings. The van der Waals surface area contributed by atoms with Crippen LogP contribution in [0.5, 0.6) is 0 Å². The lowest BCUT2D eigenvalue weighted by atomic mass is 10.0. The number of hydrogen-bond acceptors (Lipinski definition) is 6. The predicted octanol–water partition coefficient (Wildman–Crippen LogP) is 1.37. The molecule has 0 unspecified atom stereocenters. The Bertz CT molecular complexity index is 992. The van der Waals surface area contributed by atoms with E-state index in [9.17, 15) is 13.2 Å². The van der Waals surface area contributed by atoms with Gasteiger partial charge < -0.3 is 5.32 Å². The van der Waals surface area contributed by atoms with Gasteiger partial charge in [0.05, 0.1) is 40.4 Å². The standard InChI is InChI=1S/C16H21N5O3S2/c1-9-14-15(12-6-17-20(3)10(12)2)25-7-13(22)18-16(14)21(19-9)11-4-5-26(23,24)8-11/h6,11,15H,4-5,7-8H2,1-3H3,(H,18,22)/t11-,15+/m0/s1. The number of nitrogens with one attached hydrogen (secondary N) is 1. The molecule has 2 aliphatic rings. The fourth-order valence-electron chi connectivity index (χ4n) is 3.66. The molecule has 0 aromatic carbocycles. The average molecular weight is 396 g/mol. The first-order valence-electron chi connectivity index (χ1n) is 8.46. The van der Waals surface area contributed by atoms with Crippen LogP contribution in [0.25, 0.3) is 0 Å². The van der Waals surface area contributed by atoms with Crippen LogP contribution in [-0.2, 0) is 21.7 Å². The summed E-state index contributed by atoms with van der Waals surface area (Å²) in [6, 6.07) is -0.235. The van der Waals surface area contributed by atoms with E-state index >= 15 is 0 Å². The zero-order valence-electron chi connectivity index (χ0n) is 14.9. The van der Waals surface area contributed by atoms with Crippen LogP contribution in [0.3, 0.4) is 0 Å². The zero-order valence-corrected chi connectivity index (χ0v) is 16.5. The van der Waals surface area contributed by atoms with Crippen LogP contribution in [0, 0.1) is 13.8 Å². The summed E-state index contributed by atoms with van der Waals surface area (Å²) in [6.07, 6.45) is 2.36. The molecule has 2 aliphatic heterocycles. The Morgan fingerprint density at radius 3 is 2.73 bits per heavy atom. The Morgan fingerprint density at radius 1 is 1.35 bits per heavy atom. The van der Waals surface area contributed by atoms with Crippen LogP contribution in [0.15, 0.2) is 6.20 Å². The maximum atomic E-state index is 12.3. The molecule has 0 spiro atoms. The van der Waals surface area contributed by atoms with Gasteiger partial charge >= 0.3 is 0 Å². The van der Waals surface area contributed by atoms with Crippen molar-refractivity contribution in [1.29, 1.82) is 0 Å². The number of thioether (sulfide) groups is 1. The van der Waals surface area contributed by atoms with Crippen molar-refractivity contribution in [1.82, 2.24) is 19.6 Å². The average Bonchev–Trinajstić information content (AvgIpc) is 3.15. The summed E-state index contributed by atoms with van der Waals surface area (Å²) in [7, 11) is -1.15. The van der Waals surface area contributed by atoms with Crippen molar-refractivity contribution in [3.63, 3.8) is 0 Å². The van der Waals surface area contributed by atoms with Gasteiger partial charge in [0.15, 0.2) is 9.84 Å². The van der Waals surface area contributed by atoms with E-state index in [-0.39, 0.29) is 28.7 Å². The van der Waals surface area contributed by atoms with Crippen LogP contribution in [-0.4, -0.2) is 51.1 Å². The highest BCUT2D eigenvalue weighted by Crippen LogP contribution is 2.45. The lowest BCUT2D eigenvalue weighted by Crippen LogP contribution is -2.20. The van der Waals surface area contributed by atoms with E-state index in [1.54, 1.807) is 16.4 Å². The smallest absolute Gasteiger partial charge is 0.235 e. The minimum absolute atomic E-state index is 0.0654. The molecule has 26 heavy (non-hydrogen) atoms. The molecule has 8 nitrogen and oxygen atoms in total. The first-order chi connectivity index (χ1) is 12.3. The highest BCUT2D eigenvalue weighted by atomic mass is 32.2. The minimum atomic E-state index is -3.04.